The van der Waals surface area contributed by atoms with Crippen molar-refractivity contribution in [3.05, 3.63) is 29.8 Å². The van der Waals surface area contributed by atoms with Crippen LogP contribution in [0.4, 0.5) is 5.69 Å². The average Bonchev–Trinajstić information content (AvgIpc) is 2.39. The van der Waals surface area contributed by atoms with E-state index in [9.17, 15) is 9.59 Å². The molecule has 5 heteroatoms. The number of hydrogen-bond donors (Lipinski definition) is 2. The second-order valence-corrected chi connectivity index (χ2v) is 4.84. The first kappa shape index (κ1) is 13.4. The molecule has 1 heterocycles. The Morgan fingerprint density at radius 2 is 2.21 bits per heavy atom. The molecule has 1 aromatic carbocycles. The summed E-state index contributed by atoms with van der Waals surface area (Å²) in [5, 5.41) is 11.8. The number of carboxylic acid groups (broad SMARTS) is 1. The third-order valence-corrected chi connectivity index (χ3v) is 3.32. The van der Waals surface area contributed by atoms with Crippen molar-refractivity contribution < 1.29 is 14.7 Å². The maximum atomic E-state index is 11.4. The highest BCUT2D eigenvalue weighted by Crippen LogP contribution is 2.23. The number of nitrogens with zero attached hydrogens (tertiary/aromatic N) is 1. The van der Waals surface area contributed by atoms with E-state index in [-0.39, 0.29) is 5.91 Å². The zero-order chi connectivity index (χ0) is 13.8. The van der Waals surface area contributed by atoms with E-state index in [0.29, 0.717) is 19.5 Å². The lowest BCUT2D eigenvalue weighted by Crippen LogP contribution is -2.48. The van der Waals surface area contributed by atoms with E-state index in [4.69, 9.17) is 5.11 Å². The normalized spacial score (nSPS) is 16.9. The molecule has 1 atom stereocenters. The number of rotatable bonds is 4. The van der Waals surface area contributed by atoms with Gasteiger partial charge in [-0.25, -0.2) is 0 Å². The number of amides is 1. The van der Waals surface area contributed by atoms with Crippen LogP contribution in [0.1, 0.15) is 12.5 Å². The number of hydrogen-bond acceptors (Lipinski definition) is 3. The first-order valence-electron chi connectivity index (χ1n) is 6.40. The van der Waals surface area contributed by atoms with Crippen LogP contribution in [0, 0.1) is 5.92 Å². The van der Waals surface area contributed by atoms with Crippen molar-refractivity contribution in [1.82, 2.24) is 5.32 Å². The minimum Gasteiger partial charge on any atom is -0.481 e. The Hall–Kier alpha value is -2.04. The predicted molar refractivity (Wildman–Crippen MR) is 72.2 cm³/mol. The predicted octanol–water partition coefficient (Wildman–Crippen LogP) is 0.886. The fraction of sp³-hybridized carbons (Fsp3) is 0.429. The maximum absolute atomic E-state index is 11.4. The molecule has 0 radical (unpaired) electrons. The summed E-state index contributed by atoms with van der Waals surface area (Å²) < 4.78 is 0. The van der Waals surface area contributed by atoms with E-state index in [1.807, 2.05) is 29.2 Å². The molecule has 5 nitrogen and oxygen atoms in total. The Balaban J connectivity index is 2.20. The van der Waals surface area contributed by atoms with Crippen LogP contribution in [0.15, 0.2) is 24.3 Å². The van der Waals surface area contributed by atoms with Gasteiger partial charge in [-0.05, 0) is 18.1 Å². The summed E-state index contributed by atoms with van der Waals surface area (Å²) in [5.74, 6) is -1.22. The van der Waals surface area contributed by atoms with Gasteiger partial charge in [-0.2, -0.15) is 0 Å². The molecule has 1 fully saturated rings. The van der Waals surface area contributed by atoms with Gasteiger partial charge in [-0.3, -0.25) is 9.59 Å². The molecule has 0 spiro atoms. The van der Waals surface area contributed by atoms with E-state index in [2.05, 4.69) is 5.32 Å². The van der Waals surface area contributed by atoms with Gasteiger partial charge >= 0.3 is 5.97 Å². The number of aliphatic carboxylic acids is 1. The molecule has 2 N–H and O–H groups in total. The van der Waals surface area contributed by atoms with Crippen LogP contribution < -0.4 is 10.2 Å². The number of carbonyl (C=O) groups excluding carboxylic acids is 1. The molecule has 19 heavy (non-hydrogen) atoms. The van der Waals surface area contributed by atoms with Gasteiger partial charge in [0, 0.05) is 18.8 Å². The molecule has 0 bridgehead atoms. The molecule has 0 saturated carbocycles. The average molecular weight is 262 g/mol. The van der Waals surface area contributed by atoms with Gasteiger partial charge in [-0.1, -0.05) is 25.1 Å². The van der Waals surface area contributed by atoms with Crippen LogP contribution in [0.3, 0.4) is 0 Å². The number of carboxylic acids is 1. The summed E-state index contributed by atoms with van der Waals surface area (Å²) in [4.78, 5) is 24.4. The first-order valence-corrected chi connectivity index (χ1v) is 6.40. The number of benzene rings is 1. The van der Waals surface area contributed by atoms with Crippen molar-refractivity contribution >= 4 is 17.6 Å². The van der Waals surface area contributed by atoms with Gasteiger partial charge in [0.25, 0.3) is 0 Å². The minimum absolute atomic E-state index is 0.00679. The summed E-state index contributed by atoms with van der Waals surface area (Å²) in [7, 11) is 0. The number of nitrogens with one attached hydrogen (secondary N) is 1. The third kappa shape index (κ3) is 3.24. The molecular formula is C14H18N2O3. The van der Waals surface area contributed by atoms with Crippen molar-refractivity contribution in [3.8, 4) is 0 Å². The van der Waals surface area contributed by atoms with Gasteiger partial charge in [0.15, 0.2) is 0 Å². The summed E-state index contributed by atoms with van der Waals surface area (Å²) in [6.07, 6.45) is 0.476. The Kier molecular flexibility index (Phi) is 4.04. The second-order valence-electron chi connectivity index (χ2n) is 4.84. The summed E-state index contributed by atoms with van der Waals surface area (Å²) >= 11 is 0. The molecule has 1 saturated heterocycles. The topological polar surface area (TPSA) is 69.6 Å². The standard InChI is InChI=1S/C14H18N2O3/c1-10(14(18)19)8-11-4-2-3-5-12(11)16-7-6-15-13(17)9-16/h2-5,10H,6-9H2,1H3,(H,15,17)(H,18,19). The molecule has 0 aliphatic carbocycles. The fourth-order valence-corrected chi connectivity index (χ4v) is 2.25. The first-order chi connectivity index (χ1) is 9.08. The number of anilines is 1. The van der Waals surface area contributed by atoms with Crippen molar-refractivity contribution in [1.29, 1.82) is 0 Å². The molecule has 1 aliphatic heterocycles. The van der Waals surface area contributed by atoms with Crippen LogP contribution in [0.2, 0.25) is 0 Å². The lowest BCUT2D eigenvalue weighted by molar-refractivity contribution is -0.141. The molecule has 0 aromatic heterocycles. The summed E-state index contributed by atoms with van der Waals surface area (Å²) in [6, 6.07) is 7.69. The molecule has 102 valence electrons. The highest BCUT2D eigenvalue weighted by Gasteiger charge is 2.20. The van der Waals surface area contributed by atoms with Gasteiger partial charge in [0.2, 0.25) is 5.91 Å². The highest BCUT2D eigenvalue weighted by atomic mass is 16.4. The van der Waals surface area contributed by atoms with E-state index in [0.717, 1.165) is 17.8 Å². The number of piperazine rings is 1. The van der Waals surface area contributed by atoms with E-state index >= 15 is 0 Å². The quantitative estimate of drug-likeness (QED) is 0.845. The smallest absolute Gasteiger partial charge is 0.306 e. The molecule has 1 unspecified atom stereocenters. The van der Waals surface area contributed by atoms with Gasteiger partial charge < -0.3 is 15.3 Å². The monoisotopic (exact) mass is 262 g/mol. The van der Waals surface area contributed by atoms with Gasteiger partial charge in [0.1, 0.15) is 0 Å². The van der Waals surface area contributed by atoms with E-state index in [1.54, 1.807) is 6.92 Å². The molecule has 1 aliphatic rings. The molecule has 1 aromatic rings. The zero-order valence-corrected chi connectivity index (χ0v) is 10.9. The number of para-hydroxylation sites is 1. The largest absolute Gasteiger partial charge is 0.481 e. The Morgan fingerprint density at radius 1 is 1.47 bits per heavy atom. The van der Waals surface area contributed by atoms with E-state index in [1.165, 1.54) is 0 Å². The highest BCUT2D eigenvalue weighted by molar-refractivity contribution is 5.83. The third-order valence-electron chi connectivity index (χ3n) is 3.32. The van der Waals surface area contributed by atoms with Crippen LogP contribution in [0.5, 0.6) is 0 Å². The fourth-order valence-electron chi connectivity index (χ4n) is 2.25. The lowest BCUT2D eigenvalue weighted by Gasteiger charge is -2.30. The van der Waals surface area contributed by atoms with Crippen molar-refractivity contribution in [2.45, 2.75) is 13.3 Å². The van der Waals surface area contributed by atoms with Crippen LogP contribution in [-0.2, 0) is 16.0 Å². The van der Waals surface area contributed by atoms with Crippen molar-refractivity contribution in [2.75, 3.05) is 24.5 Å². The van der Waals surface area contributed by atoms with Crippen molar-refractivity contribution in [3.63, 3.8) is 0 Å². The molecule has 1 amide bonds. The maximum Gasteiger partial charge on any atom is 0.306 e. The van der Waals surface area contributed by atoms with Gasteiger partial charge in [-0.15, -0.1) is 0 Å². The molecular weight excluding hydrogens is 244 g/mol. The van der Waals surface area contributed by atoms with Crippen LogP contribution in [-0.4, -0.2) is 36.6 Å². The minimum atomic E-state index is -0.800. The SMILES string of the molecule is CC(Cc1ccccc1N1CCNC(=O)C1)C(=O)O. The van der Waals surface area contributed by atoms with Gasteiger partial charge in [0.05, 0.1) is 12.5 Å². The Bertz CT molecular complexity index is 487. The van der Waals surface area contributed by atoms with E-state index < -0.39 is 11.9 Å². The molecule has 2 rings (SSSR count). The lowest BCUT2D eigenvalue weighted by atomic mass is 9.99. The summed E-state index contributed by atoms with van der Waals surface area (Å²) in [5.41, 5.74) is 1.94. The van der Waals surface area contributed by atoms with Crippen LogP contribution in [0.25, 0.3) is 0 Å². The summed E-state index contributed by atoms with van der Waals surface area (Å²) in [6.45, 7) is 3.41. The second kappa shape index (κ2) is 5.73. The van der Waals surface area contributed by atoms with Crippen LogP contribution >= 0.6 is 0 Å². The number of carbonyl (C=O) groups is 2. The van der Waals surface area contributed by atoms with Crippen molar-refractivity contribution in [2.24, 2.45) is 5.92 Å². The Labute approximate surface area is 112 Å². The zero-order valence-electron chi connectivity index (χ0n) is 10.9. The Morgan fingerprint density at radius 3 is 2.89 bits per heavy atom.